The fourth-order valence-electron chi connectivity index (χ4n) is 3.11. The summed E-state index contributed by atoms with van der Waals surface area (Å²) in [6, 6.07) is 4.62. The molecule has 1 aromatic carbocycles. The summed E-state index contributed by atoms with van der Waals surface area (Å²) in [5.41, 5.74) is -1.14. The Balaban J connectivity index is 1.89. The molecule has 0 saturated heterocycles. The van der Waals surface area contributed by atoms with E-state index in [0.29, 0.717) is 0 Å². The normalized spacial score (nSPS) is 15.3. The van der Waals surface area contributed by atoms with Crippen molar-refractivity contribution in [2.75, 3.05) is 13.4 Å². The topological polar surface area (TPSA) is 133 Å². The van der Waals surface area contributed by atoms with Crippen molar-refractivity contribution >= 4 is 28.7 Å². The van der Waals surface area contributed by atoms with Crippen LogP contribution >= 0.6 is 0 Å². The maximum absolute atomic E-state index is 14.8. The number of pyridine rings is 1. The first kappa shape index (κ1) is 24.2. The van der Waals surface area contributed by atoms with Crippen LogP contribution in [0.15, 0.2) is 40.4 Å². The van der Waals surface area contributed by atoms with Crippen LogP contribution in [0.5, 0.6) is 5.75 Å². The van der Waals surface area contributed by atoms with Crippen molar-refractivity contribution in [1.82, 2.24) is 4.57 Å². The van der Waals surface area contributed by atoms with E-state index in [9.17, 15) is 26.8 Å². The van der Waals surface area contributed by atoms with E-state index in [-0.39, 0.29) is 29.8 Å². The molecule has 3 rings (SSSR count). The van der Waals surface area contributed by atoms with Gasteiger partial charge < -0.3 is 23.8 Å². The van der Waals surface area contributed by atoms with E-state index in [1.54, 1.807) is 0 Å². The lowest BCUT2D eigenvalue weighted by molar-refractivity contribution is 0.204. The molecule has 1 aromatic heterocycles. The smallest absolute Gasteiger partial charge is 0.503 e. The van der Waals surface area contributed by atoms with Gasteiger partial charge in [-0.25, -0.2) is 17.2 Å². The van der Waals surface area contributed by atoms with Crippen LogP contribution in [0.2, 0.25) is 0 Å². The van der Waals surface area contributed by atoms with Crippen LogP contribution in [0, 0.1) is 11.6 Å². The van der Waals surface area contributed by atoms with Crippen LogP contribution in [-0.4, -0.2) is 55.1 Å². The minimum absolute atomic E-state index is 0.149. The molecule has 2 aromatic rings. The van der Waals surface area contributed by atoms with Gasteiger partial charge >= 0.3 is 13.0 Å². The number of sulfone groups is 1. The third-order valence-corrected chi connectivity index (χ3v) is 7.31. The van der Waals surface area contributed by atoms with Crippen LogP contribution in [0.4, 0.5) is 13.6 Å². The molecule has 0 unspecified atom stereocenters. The highest BCUT2D eigenvalue weighted by Gasteiger charge is 2.51. The summed E-state index contributed by atoms with van der Waals surface area (Å²) in [6.07, 6.45) is 1.39. The maximum atomic E-state index is 14.8. The summed E-state index contributed by atoms with van der Waals surface area (Å²) in [4.78, 5) is 23.6. The van der Waals surface area contributed by atoms with E-state index in [0.717, 1.165) is 29.2 Å². The van der Waals surface area contributed by atoms with Crippen LogP contribution in [0.3, 0.4) is 0 Å². The van der Waals surface area contributed by atoms with Gasteiger partial charge in [0.1, 0.15) is 22.1 Å². The lowest BCUT2D eigenvalue weighted by atomic mass is 9.91. The molecule has 33 heavy (non-hydrogen) atoms. The summed E-state index contributed by atoms with van der Waals surface area (Å²) < 4.78 is 67.5. The average Bonchev–Trinajstić information content (AvgIpc) is 3.24. The molecule has 0 fully saturated rings. The Morgan fingerprint density at radius 2 is 1.97 bits per heavy atom. The molecule has 10 nitrogen and oxygen atoms in total. The van der Waals surface area contributed by atoms with Crippen LogP contribution < -0.4 is 10.3 Å². The van der Waals surface area contributed by atoms with E-state index in [2.05, 4.69) is 9.91 Å². The van der Waals surface area contributed by atoms with Gasteiger partial charge in [0.2, 0.25) is 5.90 Å². The van der Waals surface area contributed by atoms with E-state index in [1.807, 2.05) is 0 Å². The summed E-state index contributed by atoms with van der Waals surface area (Å²) >= 11 is 0. The van der Waals surface area contributed by atoms with E-state index < -0.39 is 50.7 Å². The molecule has 1 aliphatic heterocycles. The van der Waals surface area contributed by atoms with Crippen molar-refractivity contribution in [1.29, 1.82) is 0 Å². The van der Waals surface area contributed by atoms with Gasteiger partial charge in [0.25, 0.3) is 5.56 Å². The number of aryl methyl sites for hydroxylation is 1. The lowest BCUT2D eigenvalue weighted by Gasteiger charge is -2.26. The quantitative estimate of drug-likeness (QED) is 0.564. The van der Waals surface area contributed by atoms with E-state index in [4.69, 9.17) is 14.5 Å². The fourth-order valence-corrected chi connectivity index (χ4v) is 3.97. The van der Waals surface area contributed by atoms with E-state index in [1.165, 1.54) is 26.2 Å². The zero-order chi connectivity index (χ0) is 24.6. The number of benzene rings is 1. The molecule has 0 radical (unpaired) electrons. The predicted octanol–water partition coefficient (Wildman–Crippen LogP) is 2.10. The highest BCUT2D eigenvalue weighted by Crippen LogP contribution is 2.29. The van der Waals surface area contributed by atoms with Gasteiger partial charge in [-0.05, 0) is 25.5 Å². The number of methoxy groups -OCH3 is 1. The number of hydrogen-bond donors (Lipinski definition) is 1. The average molecular weight is 484 g/mol. The molecule has 0 amide bonds. The van der Waals surface area contributed by atoms with Crippen LogP contribution in [-0.2, 0) is 25.8 Å². The standard InChI is InChI=1S/C19H19BF2N2O8S/c1-19(33(3,28)29,17-23-32-20(31-17)18(26)27)6-7-24-10-15(22)13(9-16(24)25)12-5-4-11(30-2)8-14(12)21/h4-5,8-10H,6-7H2,1-3H3,(H,26,27)/t19-/m1/s1. The van der Waals surface area contributed by atoms with Crippen LogP contribution in [0.25, 0.3) is 11.1 Å². The van der Waals surface area contributed by atoms with Crippen molar-refractivity contribution in [2.45, 2.75) is 24.6 Å². The molecule has 0 saturated carbocycles. The number of halogens is 2. The lowest BCUT2D eigenvalue weighted by Crippen LogP contribution is -2.46. The second-order valence-corrected chi connectivity index (χ2v) is 9.90. The predicted molar refractivity (Wildman–Crippen MR) is 114 cm³/mol. The van der Waals surface area contributed by atoms with Gasteiger partial charge in [-0.1, -0.05) is 5.16 Å². The Bertz CT molecular complexity index is 1300. The van der Waals surface area contributed by atoms with Crippen molar-refractivity contribution < 1.29 is 41.2 Å². The number of ether oxygens (including phenoxy) is 1. The van der Waals surface area contributed by atoms with Crippen molar-refractivity contribution in [3.05, 3.63) is 52.5 Å². The summed E-state index contributed by atoms with van der Waals surface area (Å²) in [6.45, 7) is 0.919. The molecule has 1 N–H and O–H groups in total. The van der Waals surface area contributed by atoms with Gasteiger partial charge in [0.15, 0.2) is 9.84 Å². The minimum Gasteiger partial charge on any atom is -0.503 e. The number of oxime groups is 1. The number of hydrogen-bond acceptors (Lipinski definition) is 8. The molecule has 0 aliphatic carbocycles. The molecule has 0 bridgehead atoms. The van der Waals surface area contributed by atoms with Gasteiger partial charge in [-0.3, -0.25) is 9.59 Å². The Morgan fingerprint density at radius 1 is 1.27 bits per heavy atom. The number of carboxylic acid groups (broad SMARTS) is 1. The highest BCUT2D eigenvalue weighted by atomic mass is 32.2. The molecule has 2 heterocycles. The SMILES string of the molecule is COc1ccc(-c2cc(=O)n(CC[C@](C)(C3=NOB(C(=O)O)O3)S(C)(=O)=O)cc2F)c(F)c1. The van der Waals surface area contributed by atoms with Gasteiger partial charge in [0.05, 0.1) is 7.11 Å². The first-order chi connectivity index (χ1) is 15.4. The monoisotopic (exact) mass is 484 g/mol. The third kappa shape index (κ3) is 4.70. The Labute approximate surface area is 187 Å². The zero-order valence-corrected chi connectivity index (χ0v) is 18.6. The van der Waals surface area contributed by atoms with Crippen molar-refractivity contribution in [3.8, 4) is 16.9 Å². The molecule has 14 heteroatoms. The minimum atomic E-state index is -3.95. The van der Waals surface area contributed by atoms with Gasteiger partial charge in [0, 0.05) is 42.3 Å². The second-order valence-electron chi connectivity index (χ2n) is 7.46. The second kappa shape index (κ2) is 8.85. The Morgan fingerprint density at radius 3 is 2.52 bits per heavy atom. The molecular weight excluding hydrogens is 465 g/mol. The van der Waals surface area contributed by atoms with E-state index >= 15 is 0 Å². The highest BCUT2D eigenvalue weighted by molar-refractivity contribution is 7.92. The zero-order valence-electron chi connectivity index (χ0n) is 17.7. The molecule has 1 aliphatic rings. The molecule has 176 valence electrons. The van der Waals surface area contributed by atoms with Crippen LogP contribution in [0.1, 0.15) is 13.3 Å². The number of carbonyl (C=O) groups is 1. The van der Waals surface area contributed by atoms with Crippen molar-refractivity contribution in [3.63, 3.8) is 0 Å². The largest absolute Gasteiger partial charge is 0.738 e. The third-order valence-electron chi connectivity index (χ3n) is 5.30. The van der Waals surface area contributed by atoms with Gasteiger partial charge in [-0.15, -0.1) is 0 Å². The number of nitrogens with zero attached hydrogens (tertiary/aromatic N) is 2. The number of aromatic nitrogens is 1. The maximum Gasteiger partial charge on any atom is 0.738 e. The first-order valence-electron chi connectivity index (χ1n) is 9.44. The fraction of sp³-hybridized carbons (Fsp3) is 0.316. The summed E-state index contributed by atoms with van der Waals surface area (Å²) in [5.74, 6) is -3.49. The Hall–Kier alpha value is -3.42. The first-order valence-corrected chi connectivity index (χ1v) is 11.3. The molecule has 0 spiro atoms. The number of rotatable bonds is 8. The Kier molecular flexibility index (Phi) is 6.50. The summed E-state index contributed by atoms with van der Waals surface area (Å²) in [7, 11) is -4.41. The molecule has 1 atom stereocenters. The molecular formula is C19H19BF2N2O8S. The van der Waals surface area contributed by atoms with Crippen molar-refractivity contribution in [2.24, 2.45) is 5.16 Å². The summed E-state index contributed by atoms with van der Waals surface area (Å²) in [5, 5.41) is 12.4. The van der Waals surface area contributed by atoms with Gasteiger partial charge in [-0.2, -0.15) is 0 Å².